The number of halogens is 2. The number of imide groups is 1. The zero-order valence-corrected chi connectivity index (χ0v) is 19.2. The summed E-state index contributed by atoms with van der Waals surface area (Å²) in [6.45, 7) is 3.74. The summed E-state index contributed by atoms with van der Waals surface area (Å²) in [5, 5.41) is 8.83. The third-order valence-corrected chi connectivity index (χ3v) is 6.61. The fraction of sp³-hybridized carbons (Fsp3) is 0.125. The number of hydrogen-bond acceptors (Lipinski definition) is 4. The molecule has 4 rings (SSSR count). The molecular weight excluding hydrogens is 467 g/mol. The van der Waals surface area contributed by atoms with Gasteiger partial charge in [-0.1, -0.05) is 17.7 Å². The lowest BCUT2D eigenvalue weighted by molar-refractivity contribution is -0.123. The van der Waals surface area contributed by atoms with Gasteiger partial charge in [-0.15, -0.1) is 0 Å². The number of aromatic carboxylic acids is 1. The summed E-state index contributed by atoms with van der Waals surface area (Å²) >= 11 is 6.89. The van der Waals surface area contributed by atoms with Crippen molar-refractivity contribution in [1.82, 2.24) is 9.47 Å². The molecule has 33 heavy (non-hydrogen) atoms. The molecule has 9 heteroatoms. The van der Waals surface area contributed by atoms with Gasteiger partial charge in [0.1, 0.15) is 5.82 Å². The van der Waals surface area contributed by atoms with E-state index in [-0.39, 0.29) is 22.0 Å². The summed E-state index contributed by atoms with van der Waals surface area (Å²) in [5.41, 5.74) is 3.94. The Morgan fingerprint density at radius 2 is 1.82 bits per heavy atom. The molecule has 2 amide bonds. The predicted molar refractivity (Wildman–Crippen MR) is 125 cm³/mol. The van der Waals surface area contributed by atoms with E-state index in [1.165, 1.54) is 24.3 Å². The fourth-order valence-electron chi connectivity index (χ4n) is 3.68. The first-order valence-corrected chi connectivity index (χ1v) is 11.1. The van der Waals surface area contributed by atoms with Crippen LogP contribution in [0.25, 0.3) is 11.8 Å². The molecule has 1 aliphatic heterocycles. The van der Waals surface area contributed by atoms with Crippen molar-refractivity contribution in [3.63, 3.8) is 0 Å². The van der Waals surface area contributed by atoms with Crippen LogP contribution in [0.5, 0.6) is 0 Å². The monoisotopic (exact) mass is 484 g/mol. The molecule has 0 atom stereocenters. The number of carbonyl (C=O) groups excluding carboxylic acids is 2. The van der Waals surface area contributed by atoms with Crippen LogP contribution in [-0.2, 0) is 11.3 Å². The van der Waals surface area contributed by atoms with E-state index in [9.17, 15) is 18.8 Å². The minimum Gasteiger partial charge on any atom is -0.478 e. The van der Waals surface area contributed by atoms with Crippen LogP contribution in [0.4, 0.5) is 9.18 Å². The lowest BCUT2D eigenvalue weighted by Crippen LogP contribution is -2.27. The van der Waals surface area contributed by atoms with Crippen molar-refractivity contribution in [2.75, 3.05) is 0 Å². The first kappa shape index (κ1) is 22.8. The average Bonchev–Trinajstić information content (AvgIpc) is 3.19. The Morgan fingerprint density at radius 1 is 1.12 bits per heavy atom. The summed E-state index contributed by atoms with van der Waals surface area (Å²) in [4.78, 5) is 37.9. The average molecular weight is 485 g/mol. The molecule has 0 bridgehead atoms. The van der Waals surface area contributed by atoms with Crippen molar-refractivity contribution in [2.24, 2.45) is 0 Å². The highest BCUT2D eigenvalue weighted by Gasteiger charge is 2.35. The molecule has 0 radical (unpaired) electrons. The number of carboxylic acids is 1. The van der Waals surface area contributed by atoms with Gasteiger partial charge < -0.3 is 9.67 Å². The van der Waals surface area contributed by atoms with Gasteiger partial charge in [-0.05, 0) is 85.3 Å². The maximum Gasteiger partial charge on any atom is 0.335 e. The van der Waals surface area contributed by atoms with Crippen molar-refractivity contribution in [1.29, 1.82) is 0 Å². The van der Waals surface area contributed by atoms with Gasteiger partial charge in [0.25, 0.3) is 11.1 Å². The molecule has 0 unspecified atom stereocenters. The Hall–Kier alpha value is -3.36. The molecule has 1 aromatic heterocycles. The van der Waals surface area contributed by atoms with Crippen molar-refractivity contribution >= 4 is 46.6 Å². The van der Waals surface area contributed by atoms with Crippen molar-refractivity contribution < 1.29 is 23.9 Å². The topological polar surface area (TPSA) is 79.6 Å². The van der Waals surface area contributed by atoms with E-state index in [1.54, 1.807) is 18.2 Å². The number of hydrogen-bond donors (Lipinski definition) is 1. The molecule has 1 fully saturated rings. The van der Waals surface area contributed by atoms with E-state index < -0.39 is 22.9 Å². The molecule has 0 aliphatic carbocycles. The molecule has 0 spiro atoms. The first-order valence-electron chi connectivity index (χ1n) is 9.87. The number of aryl methyl sites for hydroxylation is 1. The smallest absolute Gasteiger partial charge is 0.335 e. The second-order valence-electron chi connectivity index (χ2n) is 7.52. The number of benzene rings is 2. The second-order valence-corrected chi connectivity index (χ2v) is 8.92. The molecular formula is C24H18ClFN2O4S. The Bertz CT molecular complexity index is 1330. The van der Waals surface area contributed by atoms with E-state index in [2.05, 4.69) is 0 Å². The van der Waals surface area contributed by atoms with Crippen LogP contribution in [0.1, 0.15) is 32.9 Å². The van der Waals surface area contributed by atoms with Gasteiger partial charge in [0.2, 0.25) is 0 Å². The molecule has 3 aromatic rings. The number of rotatable bonds is 5. The van der Waals surface area contributed by atoms with Crippen molar-refractivity contribution in [3.8, 4) is 5.69 Å². The molecule has 168 valence electrons. The summed E-state index contributed by atoms with van der Waals surface area (Å²) in [5.74, 6) is -1.94. The van der Waals surface area contributed by atoms with Gasteiger partial charge >= 0.3 is 5.97 Å². The van der Waals surface area contributed by atoms with Crippen LogP contribution >= 0.6 is 23.4 Å². The number of carbonyl (C=O) groups is 3. The minimum atomic E-state index is -0.999. The highest BCUT2D eigenvalue weighted by molar-refractivity contribution is 8.18. The SMILES string of the molecule is Cc1cc(C=C2SC(=O)N(Cc3ccc(F)cc3Cl)C2=O)c(C)n1-c1ccc(C(=O)O)cc1. The molecule has 1 N–H and O–H groups in total. The Labute approximate surface area is 198 Å². The Morgan fingerprint density at radius 3 is 2.45 bits per heavy atom. The normalized spacial score (nSPS) is 15.0. The van der Waals surface area contributed by atoms with Crippen LogP contribution in [0, 0.1) is 19.7 Å². The zero-order chi connectivity index (χ0) is 23.9. The maximum absolute atomic E-state index is 13.3. The predicted octanol–water partition coefficient (Wildman–Crippen LogP) is 5.82. The van der Waals surface area contributed by atoms with Crippen LogP contribution in [-0.4, -0.2) is 31.7 Å². The van der Waals surface area contributed by atoms with Gasteiger partial charge in [0.05, 0.1) is 17.0 Å². The summed E-state index contributed by atoms with van der Waals surface area (Å²) in [6, 6.07) is 12.2. The van der Waals surface area contributed by atoms with Crippen LogP contribution in [0.3, 0.4) is 0 Å². The third-order valence-electron chi connectivity index (χ3n) is 5.35. The lowest BCUT2D eigenvalue weighted by Gasteiger charge is -2.13. The number of carboxylic acid groups (broad SMARTS) is 1. The molecule has 1 saturated heterocycles. The Balaban J connectivity index is 1.61. The lowest BCUT2D eigenvalue weighted by atomic mass is 10.2. The highest BCUT2D eigenvalue weighted by Crippen LogP contribution is 2.35. The number of amides is 2. The van der Waals surface area contributed by atoms with Gasteiger partial charge in [-0.3, -0.25) is 14.5 Å². The molecule has 2 heterocycles. The first-order chi connectivity index (χ1) is 15.7. The minimum absolute atomic E-state index is 0.0456. The van der Waals surface area contributed by atoms with Gasteiger partial charge in [-0.2, -0.15) is 0 Å². The zero-order valence-electron chi connectivity index (χ0n) is 17.6. The highest BCUT2D eigenvalue weighted by atomic mass is 35.5. The number of thioether (sulfide) groups is 1. The van der Waals surface area contributed by atoms with E-state index in [0.717, 1.165) is 45.4 Å². The van der Waals surface area contributed by atoms with E-state index >= 15 is 0 Å². The largest absolute Gasteiger partial charge is 0.478 e. The van der Waals surface area contributed by atoms with E-state index in [4.69, 9.17) is 16.7 Å². The standard InChI is InChI=1S/C24H18ClFN2O4S/c1-13-9-17(14(2)28(13)19-7-4-15(5-8-19)23(30)31)10-21-22(29)27(24(32)33-21)12-16-3-6-18(26)11-20(16)25/h3-11H,12H2,1-2H3,(H,30,31). The van der Waals surface area contributed by atoms with Gasteiger partial charge in [0.15, 0.2) is 0 Å². The fourth-order valence-corrected chi connectivity index (χ4v) is 4.74. The molecule has 2 aromatic carbocycles. The second kappa shape index (κ2) is 8.88. The van der Waals surface area contributed by atoms with Gasteiger partial charge in [0, 0.05) is 22.1 Å². The van der Waals surface area contributed by atoms with Crippen LogP contribution in [0.15, 0.2) is 53.4 Å². The Kier molecular flexibility index (Phi) is 6.14. The van der Waals surface area contributed by atoms with Gasteiger partial charge in [-0.25, -0.2) is 9.18 Å². The van der Waals surface area contributed by atoms with Crippen LogP contribution < -0.4 is 0 Å². The van der Waals surface area contributed by atoms with Crippen molar-refractivity contribution in [3.05, 3.63) is 92.4 Å². The quantitative estimate of drug-likeness (QED) is 0.461. The molecule has 6 nitrogen and oxygen atoms in total. The third kappa shape index (κ3) is 4.44. The summed E-state index contributed by atoms with van der Waals surface area (Å²) in [6.07, 6.45) is 1.67. The summed E-state index contributed by atoms with van der Waals surface area (Å²) in [7, 11) is 0. The number of nitrogens with zero attached hydrogens (tertiary/aromatic N) is 2. The summed E-state index contributed by atoms with van der Waals surface area (Å²) < 4.78 is 15.2. The van der Waals surface area contributed by atoms with E-state index in [0.29, 0.717) is 5.56 Å². The molecule has 1 aliphatic rings. The molecule has 0 saturated carbocycles. The van der Waals surface area contributed by atoms with E-state index in [1.807, 2.05) is 24.5 Å². The van der Waals surface area contributed by atoms with Crippen molar-refractivity contribution in [2.45, 2.75) is 20.4 Å². The van der Waals surface area contributed by atoms with Crippen LogP contribution in [0.2, 0.25) is 5.02 Å². The maximum atomic E-state index is 13.3. The number of aromatic nitrogens is 1.